The molecule has 2 heterocycles. The van der Waals surface area contributed by atoms with Crippen molar-refractivity contribution in [3.05, 3.63) is 59.4 Å². The number of aliphatic hydroxyl groups is 1. The van der Waals surface area contributed by atoms with Gasteiger partial charge in [0.1, 0.15) is 5.65 Å². The Hall–Kier alpha value is -2.37. The Balaban J connectivity index is 2.04. The van der Waals surface area contributed by atoms with Crippen molar-refractivity contribution in [2.75, 3.05) is 19.7 Å². The Morgan fingerprint density at radius 1 is 1.24 bits per heavy atom. The van der Waals surface area contributed by atoms with Crippen LogP contribution in [0.15, 0.2) is 48.7 Å². The molecule has 0 bridgehead atoms. The molecule has 1 aromatic carbocycles. The molecule has 0 saturated heterocycles. The maximum Gasteiger partial charge on any atom is 0.228 e. The zero-order valence-corrected chi connectivity index (χ0v) is 14.8. The summed E-state index contributed by atoms with van der Waals surface area (Å²) < 4.78 is 1.94. The lowest BCUT2D eigenvalue weighted by Gasteiger charge is -2.19. The second kappa shape index (κ2) is 7.68. The predicted molar refractivity (Wildman–Crippen MR) is 98.7 cm³/mol. The van der Waals surface area contributed by atoms with Gasteiger partial charge in [0.05, 0.1) is 24.4 Å². The molecule has 0 saturated carbocycles. The van der Waals surface area contributed by atoms with Crippen molar-refractivity contribution in [2.24, 2.45) is 0 Å². The van der Waals surface area contributed by atoms with E-state index >= 15 is 0 Å². The number of imidazole rings is 1. The summed E-state index contributed by atoms with van der Waals surface area (Å²) in [6.07, 6.45) is 2.13. The van der Waals surface area contributed by atoms with Crippen molar-refractivity contribution < 1.29 is 9.90 Å². The highest BCUT2D eigenvalue weighted by atomic mass is 35.5. The van der Waals surface area contributed by atoms with Gasteiger partial charge in [0.25, 0.3) is 0 Å². The summed E-state index contributed by atoms with van der Waals surface area (Å²) in [7, 11) is 0. The van der Waals surface area contributed by atoms with Gasteiger partial charge in [0.2, 0.25) is 5.91 Å². The fourth-order valence-corrected chi connectivity index (χ4v) is 3.02. The number of pyridine rings is 1. The van der Waals surface area contributed by atoms with E-state index < -0.39 is 0 Å². The van der Waals surface area contributed by atoms with E-state index in [-0.39, 0.29) is 18.9 Å². The quantitative estimate of drug-likeness (QED) is 0.737. The first-order valence-corrected chi connectivity index (χ1v) is 8.62. The van der Waals surface area contributed by atoms with Gasteiger partial charge in [-0.2, -0.15) is 0 Å². The molecule has 3 aromatic rings. The summed E-state index contributed by atoms with van der Waals surface area (Å²) in [5.41, 5.74) is 3.32. The number of amides is 1. The second-order valence-corrected chi connectivity index (χ2v) is 6.15. The molecule has 6 heteroatoms. The van der Waals surface area contributed by atoms with E-state index in [0.29, 0.717) is 18.1 Å². The highest BCUT2D eigenvalue weighted by Crippen LogP contribution is 2.26. The van der Waals surface area contributed by atoms with Crippen molar-refractivity contribution in [3.63, 3.8) is 0 Å². The second-order valence-electron chi connectivity index (χ2n) is 5.72. The number of rotatable bonds is 6. The van der Waals surface area contributed by atoms with Crippen LogP contribution in [0, 0.1) is 0 Å². The van der Waals surface area contributed by atoms with Crippen LogP contribution in [0.3, 0.4) is 0 Å². The number of aliphatic hydroxyl groups excluding tert-OH is 1. The van der Waals surface area contributed by atoms with Crippen LogP contribution in [0.25, 0.3) is 16.9 Å². The largest absolute Gasteiger partial charge is 0.395 e. The van der Waals surface area contributed by atoms with Crippen molar-refractivity contribution in [3.8, 4) is 11.3 Å². The number of nitrogens with zero attached hydrogens (tertiary/aromatic N) is 3. The van der Waals surface area contributed by atoms with E-state index in [0.717, 1.165) is 22.6 Å². The van der Waals surface area contributed by atoms with Crippen LogP contribution in [0.2, 0.25) is 5.02 Å². The summed E-state index contributed by atoms with van der Waals surface area (Å²) in [6.45, 7) is 2.76. The number of likely N-dealkylation sites (N-methyl/N-ethyl adjacent to an activating group) is 1. The lowest BCUT2D eigenvalue weighted by atomic mass is 10.1. The van der Waals surface area contributed by atoms with Crippen molar-refractivity contribution in [2.45, 2.75) is 13.3 Å². The Morgan fingerprint density at radius 2 is 2.00 bits per heavy atom. The zero-order valence-electron chi connectivity index (χ0n) is 14.0. The first-order valence-electron chi connectivity index (χ1n) is 8.24. The molecule has 0 atom stereocenters. The van der Waals surface area contributed by atoms with E-state index in [1.165, 1.54) is 0 Å². The summed E-state index contributed by atoms with van der Waals surface area (Å²) in [5.74, 6) is -0.0302. The number of benzene rings is 1. The Kier molecular flexibility index (Phi) is 5.36. The van der Waals surface area contributed by atoms with E-state index in [9.17, 15) is 4.79 Å². The first-order chi connectivity index (χ1) is 12.1. The van der Waals surface area contributed by atoms with E-state index in [1.54, 1.807) is 4.90 Å². The first kappa shape index (κ1) is 17.5. The number of aromatic nitrogens is 2. The lowest BCUT2D eigenvalue weighted by molar-refractivity contribution is -0.130. The topological polar surface area (TPSA) is 57.8 Å². The molecule has 5 nitrogen and oxygen atoms in total. The minimum atomic E-state index is -0.0449. The maximum absolute atomic E-state index is 12.7. The Labute approximate surface area is 151 Å². The minimum absolute atomic E-state index is 0.0302. The average Bonchev–Trinajstić information content (AvgIpc) is 2.99. The van der Waals surface area contributed by atoms with Gasteiger partial charge in [0.15, 0.2) is 0 Å². The van der Waals surface area contributed by atoms with Crippen LogP contribution in [-0.2, 0) is 11.2 Å². The van der Waals surface area contributed by atoms with Crippen molar-refractivity contribution >= 4 is 23.2 Å². The van der Waals surface area contributed by atoms with Crippen LogP contribution < -0.4 is 0 Å². The Morgan fingerprint density at radius 3 is 2.68 bits per heavy atom. The number of carbonyl (C=O) groups is 1. The van der Waals surface area contributed by atoms with Gasteiger partial charge in [-0.25, -0.2) is 4.98 Å². The van der Waals surface area contributed by atoms with Crippen molar-refractivity contribution in [1.82, 2.24) is 14.3 Å². The summed E-state index contributed by atoms with van der Waals surface area (Å²) >= 11 is 5.99. The van der Waals surface area contributed by atoms with Crippen molar-refractivity contribution in [1.29, 1.82) is 0 Å². The molecule has 0 unspecified atom stereocenters. The average molecular weight is 358 g/mol. The number of hydrogen-bond acceptors (Lipinski definition) is 3. The number of carbonyl (C=O) groups excluding carboxylic acids is 1. The highest BCUT2D eigenvalue weighted by molar-refractivity contribution is 6.30. The summed E-state index contributed by atoms with van der Waals surface area (Å²) in [4.78, 5) is 19.0. The van der Waals surface area contributed by atoms with E-state index in [4.69, 9.17) is 21.7 Å². The zero-order chi connectivity index (χ0) is 17.8. The monoisotopic (exact) mass is 357 g/mol. The smallest absolute Gasteiger partial charge is 0.228 e. The molecule has 25 heavy (non-hydrogen) atoms. The van der Waals surface area contributed by atoms with Gasteiger partial charge in [-0.15, -0.1) is 0 Å². The fraction of sp³-hybridized carbons (Fsp3) is 0.263. The van der Waals surface area contributed by atoms with Gasteiger partial charge < -0.3 is 14.4 Å². The molecule has 130 valence electrons. The normalized spacial score (nSPS) is 11.0. The molecule has 2 aromatic heterocycles. The molecule has 0 aliphatic heterocycles. The molecule has 0 radical (unpaired) electrons. The van der Waals surface area contributed by atoms with Crippen LogP contribution >= 0.6 is 11.6 Å². The highest BCUT2D eigenvalue weighted by Gasteiger charge is 2.19. The lowest BCUT2D eigenvalue weighted by Crippen LogP contribution is -2.34. The minimum Gasteiger partial charge on any atom is -0.395 e. The number of halogens is 1. The van der Waals surface area contributed by atoms with Gasteiger partial charge in [-0.05, 0) is 31.2 Å². The molecule has 0 fully saturated rings. The SMILES string of the molecule is CCN(CCO)C(=O)Cc1c(-c2ccc(Cl)cc2)nc2ccccn12. The third-order valence-electron chi connectivity index (χ3n) is 4.17. The molecule has 0 aliphatic rings. The number of fused-ring (bicyclic) bond motifs is 1. The standard InChI is InChI=1S/C19H20ClN3O2/c1-2-22(11-12-24)18(25)13-16-19(14-6-8-15(20)9-7-14)21-17-5-3-4-10-23(16)17/h3-10,24H,2,11-13H2,1H3. The Bertz CT molecular complexity index is 874. The molecule has 1 amide bonds. The van der Waals surface area contributed by atoms with Gasteiger partial charge in [0, 0.05) is 29.9 Å². The molecular weight excluding hydrogens is 338 g/mol. The van der Waals surface area contributed by atoms with Crippen LogP contribution in [0.1, 0.15) is 12.6 Å². The molecule has 0 spiro atoms. The third kappa shape index (κ3) is 3.67. The van der Waals surface area contributed by atoms with E-state index in [1.807, 2.05) is 60.0 Å². The predicted octanol–water partition coefficient (Wildman–Crippen LogP) is 3.04. The van der Waals surface area contributed by atoms with Crippen LogP contribution in [-0.4, -0.2) is 45.0 Å². The molecular formula is C19H20ClN3O2. The van der Waals surface area contributed by atoms with Crippen LogP contribution in [0.4, 0.5) is 0 Å². The third-order valence-corrected chi connectivity index (χ3v) is 4.42. The fourth-order valence-electron chi connectivity index (χ4n) is 2.89. The van der Waals surface area contributed by atoms with E-state index in [2.05, 4.69) is 0 Å². The molecule has 3 rings (SSSR count). The van der Waals surface area contributed by atoms with Gasteiger partial charge in [-0.3, -0.25) is 4.79 Å². The number of hydrogen-bond donors (Lipinski definition) is 1. The summed E-state index contributed by atoms with van der Waals surface area (Å²) in [5, 5.41) is 9.81. The summed E-state index contributed by atoms with van der Waals surface area (Å²) in [6, 6.07) is 13.2. The molecule has 0 aliphatic carbocycles. The van der Waals surface area contributed by atoms with Crippen LogP contribution in [0.5, 0.6) is 0 Å². The van der Waals surface area contributed by atoms with Gasteiger partial charge >= 0.3 is 0 Å². The molecule has 1 N–H and O–H groups in total. The maximum atomic E-state index is 12.7. The van der Waals surface area contributed by atoms with Gasteiger partial charge in [-0.1, -0.05) is 29.8 Å².